The van der Waals surface area contributed by atoms with Gasteiger partial charge >= 0.3 is 46.3 Å². The van der Waals surface area contributed by atoms with E-state index < -0.39 is 0 Å². The van der Waals surface area contributed by atoms with Gasteiger partial charge in [-0.1, -0.05) is 0 Å². The summed E-state index contributed by atoms with van der Waals surface area (Å²) in [6, 6.07) is 0. The summed E-state index contributed by atoms with van der Waals surface area (Å²) >= 11 is 0. The van der Waals surface area contributed by atoms with Gasteiger partial charge in [-0.25, -0.2) is 0 Å². The van der Waals surface area contributed by atoms with Gasteiger partial charge in [0, 0.05) is 25.8 Å². The van der Waals surface area contributed by atoms with Crippen LogP contribution in [0.5, 0.6) is 0 Å². The van der Waals surface area contributed by atoms with Crippen molar-refractivity contribution in [1.82, 2.24) is 0 Å². The van der Waals surface area contributed by atoms with E-state index in [0.29, 0.717) is 46.3 Å². The Morgan fingerprint density at radius 3 is 0.302 bits per heavy atom. The molecule has 0 spiro atoms. The van der Waals surface area contributed by atoms with Crippen molar-refractivity contribution in [1.29, 1.82) is 0 Å². The quantitative estimate of drug-likeness (QED) is 0.128. The fourth-order valence-corrected chi connectivity index (χ4v) is 2.76. The van der Waals surface area contributed by atoms with E-state index in [9.17, 15) is 38.4 Å². The van der Waals surface area contributed by atoms with Crippen LogP contribution in [0.4, 0.5) is 0 Å². The van der Waals surface area contributed by atoms with Crippen LogP contribution in [0.25, 0.3) is 0 Å². The fraction of sp³-hybridized carbons (Fsp3) is 0.818. The zero-order valence-electron chi connectivity index (χ0n) is 38.9. The molecule has 0 fully saturated rings. The minimum Gasteiger partial charge on any atom is -0.282 e. The van der Waals surface area contributed by atoms with Crippen LogP contribution in [-0.4, -0.2) is 84.6 Å². The predicted octanol–water partition coefficient (Wildman–Crippen LogP) is 10.2. The summed E-state index contributed by atoms with van der Waals surface area (Å²) < 4.78 is 0. The zero-order valence-corrected chi connectivity index (χ0v) is 42.5. The molecule has 0 rings (SSSR count). The number of ketones is 8. The van der Waals surface area contributed by atoms with Crippen LogP contribution in [0.1, 0.15) is 192 Å². The molecule has 0 bridgehead atoms. The second-order valence-corrected chi connectivity index (χ2v) is 22.3. The third-order valence-electron chi connectivity index (χ3n) is 8.27. The molecule has 0 aliphatic rings. The first kappa shape index (κ1) is 60.5. The van der Waals surface area contributed by atoms with E-state index >= 15 is 0 Å². The SMILES string of the molecule is CC(C)(C)C(=[OH+])CC(=[OH+])C(C)(C)C.CC(C)(C)C(=[OH+])CC(=[OH+])C(C)(C)C.CC(C)(C)C(=[OH+])CC(=[OH+])C(C)(C)C.CC(C)(C)C(=[OH+])CC(=[OH+])C(C)(C)C.[Hf]. The molecular weight excluding hydrogens is 835 g/mol. The van der Waals surface area contributed by atoms with Gasteiger partial charge in [-0.2, -0.15) is 0 Å². The van der Waals surface area contributed by atoms with E-state index in [4.69, 9.17) is 0 Å². The zero-order chi connectivity index (χ0) is 43.4. The number of rotatable bonds is 8. The first-order valence-corrected chi connectivity index (χ1v) is 18.6. The van der Waals surface area contributed by atoms with Crippen molar-refractivity contribution in [3.05, 3.63) is 0 Å². The number of hydrogen-bond acceptors (Lipinski definition) is 0. The summed E-state index contributed by atoms with van der Waals surface area (Å²) in [6.07, 6.45) is 1.14. The Bertz CT molecular complexity index is 964. The molecule has 0 aromatic carbocycles. The molecule has 308 valence electrons. The van der Waals surface area contributed by atoms with Crippen LogP contribution in [0, 0.1) is 43.3 Å². The third-order valence-corrected chi connectivity index (χ3v) is 8.27. The molecule has 0 aliphatic heterocycles. The monoisotopic (exact) mass is 925 g/mol. The van der Waals surface area contributed by atoms with Crippen molar-refractivity contribution in [3.63, 3.8) is 0 Å². The second-order valence-electron chi connectivity index (χ2n) is 22.3. The van der Waals surface area contributed by atoms with Gasteiger partial charge in [0.1, 0.15) is 0 Å². The van der Waals surface area contributed by atoms with Gasteiger partial charge in [0.2, 0.25) is 0 Å². The van der Waals surface area contributed by atoms with Crippen molar-refractivity contribution in [3.8, 4) is 0 Å². The van der Waals surface area contributed by atoms with Crippen molar-refractivity contribution >= 4 is 46.3 Å². The van der Waals surface area contributed by atoms with E-state index in [0.717, 1.165) is 0 Å². The summed E-state index contributed by atoms with van der Waals surface area (Å²) in [7, 11) is 0. The summed E-state index contributed by atoms with van der Waals surface area (Å²) in [4.78, 5) is 77.2. The Balaban J connectivity index is -0.000000192. The molecule has 0 saturated heterocycles. The van der Waals surface area contributed by atoms with Gasteiger partial charge in [0.25, 0.3) is 0 Å². The van der Waals surface area contributed by atoms with Crippen LogP contribution >= 0.6 is 0 Å². The Kier molecular flexibility index (Phi) is 25.2. The Morgan fingerprint density at radius 2 is 0.264 bits per heavy atom. The molecular formula is C44H88HfO8+8. The van der Waals surface area contributed by atoms with E-state index in [-0.39, 0.29) is 94.8 Å². The molecule has 0 saturated carbocycles. The number of hydrogen-bond donors (Lipinski definition) is 0. The average Bonchev–Trinajstić information content (AvgIpc) is 2.85. The maximum Gasteiger partial charge on any atom is 0.311 e. The van der Waals surface area contributed by atoms with Crippen LogP contribution < -0.4 is 0 Å². The summed E-state index contributed by atoms with van der Waals surface area (Å²) in [6.45, 7) is 46.3. The van der Waals surface area contributed by atoms with Crippen LogP contribution in [0.3, 0.4) is 0 Å². The minimum atomic E-state index is -0.251. The molecule has 8 nitrogen and oxygen atoms in total. The molecule has 0 aromatic heterocycles. The Hall–Kier alpha value is -1.77. The van der Waals surface area contributed by atoms with Crippen LogP contribution in [0.15, 0.2) is 0 Å². The molecule has 0 atom stereocenters. The largest absolute Gasteiger partial charge is 0.311 e. The van der Waals surface area contributed by atoms with Gasteiger partial charge < -0.3 is 0 Å². The van der Waals surface area contributed by atoms with Gasteiger partial charge in [-0.3, -0.25) is 38.4 Å². The van der Waals surface area contributed by atoms with Gasteiger partial charge in [0.05, 0.1) is 43.3 Å². The smallest absolute Gasteiger partial charge is 0.282 e. The molecule has 0 radical (unpaired) electrons. The van der Waals surface area contributed by atoms with Crippen molar-refractivity contribution in [2.75, 3.05) is 0 Å². The summed E-state index contributed by atoms with van der Waals surface area (Å²) in [5.41, 5.74) is -2.01. The topological polar surface area (TPSA) is 171 Å². The molecule has 0 unspecified atom stereocenters. The summed E-state index contributed by atoms with van der Waals surface area (Å²) in [5.74, 6) is 2.67. The fourth-order valence-electron chi connectivity index (χ4n) is 2.76. The van der Waals surface area contributed by atoms with Gasteiger partial charge in [-0.15, -0.1) is 0 Å². The third kappa shape index (κ3) is 30.2. The Labute approximate surface area is 344 Å². The van der Waals surface area contributed by atoms with E-state index in [2.05, 4.69) is 0 Å². The van der Waals surface area contributed by atoms with Gasteiger partial charge in [0.15, 0.2) is 25.7 Å². The molecule has 0 aromatic rings. The number of carbonyl (C=O) groups excluding carboxylic acids is 8. The van der Waals surface area contributed by atoms with Gasteiger partial charge in [-0.05, 0) is 166 Å². The molecule has 53 heavy (non-hydrogen) atoms. The molecule has 0 aliphatic carbocycles. The normalized spacial score (nSPS) is 12.5. The molecule has 0 heterocycles. The van der Waals surface area contributed by atoms with E-state index in [1.165, 1.54) is 0 Å². The Morgan fingerprint density at radius 1 is 0.208 bits per heavy atom. The maximum atomic E-state index is 9.66. The minimum absolute atomic E-state index is 0. The first-order chi connectivity index (χ1) is 22.2. The van der Waals surface area contributed by atoms with E-state index in [1.54, 1.807) is 0 Å². The van der Waals surface area contributed by atoms with E-state index in [1.807, 2.05) is 166 Å². The first-order valence-electron chi connectivity index (χ1n) is 18.6. The average molecular weight is 924 g/mol. The molecule has 8 N–H and O–H groups in total. The molecule has 0 amide bonds. The van der Waals surface area contributed by atoms with Crippen LogP contribution in [0.2, 0.25) is 0 Å². The maximum absolute atomic E-state index is 9.66. The van der Waals surface area contributed by atoms with Crippen molar-refractivity contribution in [2.24, 2.45) is 43.3 Å². The van der Waals surface area contributed by atoms with Crippen molar-refractivity contribution in [2.45, 2.75) is 192 Å². The summed E-state index contributed by atoms with van der Waals surface area (Å²) in [5, 5.41) is 0. The second kappa shape index (κ2) is 22.1. The van der Waals surface area contributed by atoms with Crippen LogP contribution in [-0.2, 0) is 25.8 Å². The predicted molar refractivity (Wildman–Crippen MR) is 230 cm³/mol. The van der Waals surface area contributed by atoms with Crippen molar-refractivity contribution < 1.29 is 64.2 Å². The molecule has 9 heteroatoms. The standard InChI is InChI=1S/4C11H20O2.Hf/c4*1-10(2,3)8(12)7-9(13)11(4,5)6;/h4*7H2,1-6H3;/p+8.